The van der Waals surface area contributed by atoms with Crippen LogP contribution in [0.2, 0.25) is 0 Å². The van der Waals surface area contributed by atoms with Gasteiger partial charge in [0, 0.05) is 41.6 Å². The Hall–Kier alpha value is -4.51. The van der Waals surface area contributed by atoms with Gasteiger partial charge in [0.25, 0.3) is 0 Å². The number of hydrogen-bond donors (Lipinski definition) is 7. The summed E-state index contributed by atoms with van der Waals surface area (Å²) in [4.78, 5) is 40.4. The molecule has 1 heterocycles. The molecule has 0 bridgehead atoms. The minimum Gasteiger partial charge on any atom is -0.507 e. The van der Waals surface area contributed by atoms with Crippen molar-refractivity contribution in [3.63, 3.8) is 0 Å². The Kier molecular flexibility index (Phi) is 9.17. The molecule has 0 radical (unpaired) electrons. The van der Waals surface area contributed by atoms with Crippen LogP contribution < -0.4 is 15.4 Å². The standard InChI is InChI=1S/C34H33FN2O11S/c1-14-28(40)19(37-33(49)36-16-8-6-15(35)7-9-16)10-23(47-14)48-21-12-34(45,22(39)13-38)11-18-25(21)32(44)27-26(30(18)42)29(41)17-4-3-5-20(46-2)24(17)31(27)43/h3-9,14,19,21,23,28,38,40,42,44-45H,10-13H2,1-2H3,(H2,36,37,49)/t14?,19?,21-,23?,28?,34-/m0/s1. The summed E-state index contributed by atoms with van der Waals surface area (Å²) >= 11 is 5.39. The van der Waals surface area contributed by atoms with Crippen molar-refractivity contribution in [2.24, 2.45) is 0 Å². The first kappa shape index (κ1) is 34.4. The molecule has 0 aromatic heterocycles. The van der Waals surface area contributed by atoms with Crippen LogP contribution in [0.25, 0.3) is 0 Å². The third-order valence-corrected chi connectivity index (χ3v) is 9.40. The molecular formula is C34H33FN2O11S. The summed E-state index contributed by atoms with van der Waals surface area (Å²) < 4.78 is 30.8. The minimum absolute atomic E-state index is 0.0609. The van der Waals surface area contributed by atoms with Gasteiger partial charge < -0.3 is 50.4 Å². The van der Waals surface area contributed by atoms with Gasteiger partial charge in [-0.05, 0) is 49.5 Å². The number of thiocarbonyl (C=S) groups is 1. The van der Waals surface area contributed by atoms with E-state index in [1.807, 2.05) is 0 Å². The van der Waals surface area contributed by atoms with Crippen LogP contribution in [0.3, 0.4) is 0 Å². The quantitative estimate of drug-likeness (QED) is 0.109. The lowest BCUT2D eigenvalue weighted by atomic mass is 9.72. The van der Waals surface area contributed by atoms with Crippen molar-refractivity contribution in [1.29, 1.82) is 0 Å². The van der Waals surface area contributed by atoms with E-state index < -0.39 is 101 Å². The van der Waals surface area contributed by atoms with E-state index in [9.17, 15) is 44.3 Å². The molecule has 3 aliphatic rings. The van der Waals surface area contributed by atoms with E-state index in [1.165, 1.54) is 49.6 Å². The van der Waals surface area contributed by atoms with E-state index in [2.05, 4.69) is 10.6 Å². The molecule has 3 aromatic rings. The first-order valence-corrected chi connectivity index (χ1v) is 15.7. The number of Topliss-reactive ketones (excluding diaryl/α,β-unsaturated/α-hetero) is 1. The maximum atomic E-state index is 13.9. The van der Waals surface area contributed by atoms with Crippen LogP contribution in [0.5, 0.6) is 17.2 Å². The predicted molar refractivity (Wildman–Crippen MR) is 173 cm³/mol. The molecule has 0 amide bonds. The average molecular weight is 697 g/mol. The molecule has 1 fully saturated rings. The van der Waals surface area contributed by atoms with Crippen LogP contribution in [0.1, 0.15) is 68.8 Å². The molecule has 1 aliphatic heterocycles. The number of ketones is 3. The van der Waals surface area contributed by atoms with Gasteiger partial charge in [0.15, 0.2) is 23.0 Å². The van der Waals surface area contributed by atoms with E-state index in [4.69, 9.17) is 26.4 Å². The number of halogens is 1. The Morgan fingerprint density at radius 3 is 2.45 bits per heavy atom. The monoisotopic (exact) mass is 696 g/mol. The van der Waals surface area contributed by atoms with Gasteiger partial charge >= 0.3 is 0 Å². The normalized spacial score (nSPS) is 25.9. The van der Waals surface area contributed by atoms with Crippen molar-refractivity contribution < 1.29 is 58.5 Å². The van der Waals surface area contributed by atoms with E-state index in [-0.39, 0.29) is 39.5 Å². The topological polar surface area (TPSA) is 204 Å². The molecule has 4 unspecified atom stereocenters. The van der Waals surface area contributed by atoms with Crippen molar-refractivity contribution in [2.45, 2.75) is 62.4 Å². The van der Waals surface area contributed by atoms with E-state index in [1.54, 1.807) is 6.92 Å². The molecule has 0 saturated carbocycles. The molecule has 3 aromatic carbocycles. The summed E-state index contributed by atoms with van der Waals surface area (Å²) in [5.74, 6) is -4.41. The third-order valence-electron chi connectivity index (χ3n) is 9.18. The zero-order valence-corrected chi connectivity index (χ0v) is 27.0. The van der Waals surface area contributed by atoms with Gasteiger partial charge in [0.05, 0.1) is 42.0 Å². The number of ether oxygens (including phenoxy) is 3. The lowest BCUT2D eigenvalue weighted by Crippen LogP contribution is -2.56. The number of aliphatic hydroxyl groups excluding tert-OH is 2. The molecule has 258 valence electrons. The first-order valence-electron chi connectivity index (χ1n) is 15.3. The largest absolute Gasteiger partial charge is 0.507 e. The molecule has 7 N–H and O–H groups in total. The Bertz CT molecular complexity index is 1870. The van der Waals surface area contributed by atoms with Crippen LogP contribution in [-0.2, 0) is 20.7 Å². The van der Waals surface area contributed by atoms with Crippen molar-refractivity contribution in [3.05, 3.63) is 81.7 Å². The summed E-state index contributed by atoms with van der Waals surface area (Å²) in [6, 6.07) is 8.99. The van der Waals surface area contributed by atoms with E-state index in [0.717, 1.165) is 0 Å². The van der Waals surface area contributed by atoms with Crippen LogP contribution in [-0.4, -0.2) is 91.9 Å². The zero-order chi connectivity index (χ0) is 35.4. The number of nitrogens with one attached hydrogen (secondary N) is 2. The highest BCUT2D eigenvalue weighted by Gasteiger charge is 2.50. The third kappa shape index (κ3) is 6.02. The fourth-order valence-electron chi connectivity index (χ4n) is 6.73. The number of hydrogen-bond acceptors (Lipinski definition) is 12. The predicted octanol–water partition coefficient (Wildman–Crippen LogP) is 2.17. The second-order valence-corrected chi connectivity index (χ2v) is 12.6. The lowest BCUT2D eigenvalue weighted by Gasteiger charge is -2.43. The summed E-state index contributed by atoms with van der Waals surface area (Å²) in [5.41, 5.74) is -3.43. The van der Waals surface area contributed by atoms with Gasteiger partial charge in [-0.2, -0.15) is 0 Å². The van der Waals surface area contributed by atoms with Crippen LogP contribution in [0, 0.1) is 5.82 Å². The number of carbonyl (C=O) groups excluding carboxylic acids is 3. The molecule has 15 heteroatoms. The summed E-state index contributed by atoms with van der Waals surface area (Å²) in [6.45, 7) is 0.509. The number of aliphatic hydroxyl groups is 3. The van der Waals surface area contributed by atoms with E-state index >= 15 is 0 Å². The molecule has 1 saturated heterocycles. The van der Waals surface area contributed by atoms with Gasteiger partial charge in [-0.1, -0.05) is 12.1 Å². The number of fused-ring (bicyclic) bond motifs is 3. The number of benzene rings is 3. The highest BCUT2D eigenvalue weighted by atomic mass is 32.1. The van der Waals surface area contributed by atoms with Crippen LogP contribution >= 0.6 is 12.2 Å². The molecule has 13 nitrogen and oxygen atoms in total. The molecule has 0 spiro atoms. The number of phenolic OH excluding ortho intramolecular Hbond substituents is 2. The lowest BCUT2D eigenvalue weighted by molar-refractivity contribution is -0.248. The minimum atomic E-state index is -2.31. The highest BCUT2D eigenvalue weighted by Crippen LogP contribution is 2.52. The number of aromatic hydroxyl groups is 2. The second-order valence-electron chi connectivity index (χ2n) is 12.2. The summed E-state index contributed by atoms with van der Waals surface area (Å²) in [6.07, 6.45) is -5.76. The van der Waals surface area contributed by atoms with Gasteiger partial charge in [-0.25, -0.2) is 4.39 Å². The van der Waals surface area contributed by atoms with Gasteiger partial charge in [0.1, 0.15) is 41.4 Å². The van der Waals surface area contributed by atoms with Crippen LogP contribution in [0.15, 0.2) is 42.5 Å². The fourth-order valence-corrected chi connectivity index (χ4v) is 7.00. The SMILES string of the molecule is COc1cccc2c1C(=O)c1c(O)c3c(c(O)c1C2=O)C[C@@](O)(C(=O)CO)C[C@@H]3OC1CC(NC(=S)Nc2ccc(F)cc2)C(O)C(C)O1. The van der Waals surface area contributed by atoms with Gasteiger partial charge in [-0.15, -0.1) is 0 Å². The zero-order valence-electron chi connectivity index (χ0n) is 26.2. The number of anilines is 1. The Balaban J connectivity index is 1.36. The average Bonchev–Trinajstić information content (AvgIpc) is 3.07. The summed E-state index contributed by atoms with van der Waals surface area (Å²) in [5, 5.41) is 61.3. The number of phenols is 2. The Morgan fingerprint density at radius 1 is 1.08 bits per heavy atom. The van der Waals surface area contributed by atoms with Crippen LogP contribution in [0.4, 0.5) is 10.1 Å². The van der Waals surface area contributed by atoms with E-state index in [0.29, 0.717) is 5.69 Å². The number of carbonyl (C=O) groups is 3. The first-order chi connectivity index (χ1) is 23.3. The van der Waals surface area contributed by atoms with Gasteiger partial charge in [-0.3, -0.25) is 14.4 Å². The smallest absolute Gasteiger partial charge is 0.202 e. The number of rotatable bonds is 7. The Labute approximate surface area is 284 Å². The van der Waals surface area contributed by atoms with Crippen molar-refractivity contribution >= 4 is 40.4 Å². The van der Waals surface area contributed by atoms with Crippen molar-refractivity contribution in [2.75, 3.05) is 19.0 Å². The van der Waals surface area contributed by atoms with Crippen molar-refractivity contribution in [3.8, 4) is 17.2 Å². The maximum Gasteiger partial charge on any atom is 0.202 e. The maximum absolute atomic E-state index is 13.9. The fraction of sp³-hybridized carbons (Fsp3) is 0.353. The van der Waals surface area contributed by atoms with Crippen molar-refractivity contribution in [1.82, 2.24) is 5.32 Å². The highest BCUT2D eigenvalue weighted by molar-refractivity contribution is 7.80. The molecule has 49 heavy (non-hydrogen) atoms. The Morgan fingerprint density at radius 2 is 1.78 bits per heavy atom. The molecular weight excluding hydrogens is 663 g/mol. The second kappa shape index (κ2) is 13.1. The summed E-state index contributed by atoms with van der Waals surface area (Å²) in [7, 11) is 1.31. The molecule has 6 atom stereocenters. The molecule has 6 rings (SSSR count). The molecule has 2 aliphatic carbocycles. The number of methoxy groups -OCH3 is 1. The van der Waals surface area contributed by atoms with Gasteiger partial charge in [0.2, 0.25) is 5.78 Å².